The van der Waals surface area contributed by atoms with Gasteiger partial charge in [-0.25, -0.2) is 4.68 Å². The second-order valence-electron chi connectivity index (χ2n) is 7.53. The molecule has 1 aromatic heterocycles. The van der Waals surface area contributed by atoms with Gasteiger partial charge >= 0.3 is 0 Å². The third-order valence-corrected chi connectivity index (χ3v) is 5.27. The summed E-state index contributed by atoms with van der Waals surface area (Å²) in [6, 6.07) is 10.4. The number of aromatic hydroxyl groups is 1. The number of hydrogen-bond donors (Lipinski definition) is 3. The molecular formula is C23H25N5O3. The zero-order valence-corrected chi connectivity index (χ0v) is 17.9. The number of anilines is 2. The summed E-state index contributed by atoms with van der Waals surface area (Å²) >= 11 is 0. The summed E-state index contributed by atoms with van der Waals surface area (Å²) in [5.74, 6) is 0.693. The summed E-state index contributed by atoms with van der Waals surface area (Å²) in [7, 11) is 0. The molecular weight excluding hydrogens is 394 g/mol. The van der Waals surface area contributed by atoms with Crippen LogP contribution in [0.3, 0.4) is 0 Å². The molecule has 0 spiro atoms. The second-order valence-corrected chi connectivity index (χ2v) is 7.53. The van der Waals surface area contributed by atoms with Crippen LogP contribution in [0.15, 0.2) is 54.0 Å². The predicted octanol–water partition coefficient (Wildman–Crippen LogP) is 3.93. The van der Waals surface area contributed by atoms with E-state index in [0.717, 1.165) is 22.4 Å². The molecule has 31 heavy (non-hydrogen) atoms. The number of rotatable bonds is 5. The second kappa shape index (κ2) is 8.14. The van der Waals surface area contributed by atoms with Crippen molar-refractivity contribution in [3.05, 3.63) is 70.7 Å². The van der Waals surface area contributed by atoms with Gasteiger partial charge in [0.15, 0.2) is 11.5 Å². The molecule has 160 valence electrons. The highest BCUT2D eigenvalue weighted by atomic mass is 16.5. The molecule has 0 saturated heterocycles. The van der Waals surface area contributed by atoms with Crippen LogP contribution in [0.2, 0.25) is 0 Å². The molecule has 0 bridgehead atoms. The lowest BCUT2D eigenvalue weighted by Gasteiger charge is -2.29. The summed E-state index contributed by atoms with van der Waals surface area (Å²) in [6.07, 6.45) is 1.44. The maximum Gasteiger partial charge on any atom is 0.255 e. The average Bonchev–Trinajstić information content (AvgIpc) is 3.19. The van der Waals surface area contributed by atoms with Gasteiger partial charge in [0.1, 0.15) is 12.4 Å². The van der Waals surface area contributed by atoms with Crippen molar-refractivity contribution < 1.29 is 14.6 Å². The lowest BCUT2D eigenvalue weighted by Crippen LogP contribution is -2.31. The minimum Gasteiger partial charge on any atom is -0.504 e. The zero-order chi connectivity index (χ0) is 22.1. The standard InChI is InChI=1S/C23H25N5O3/c1-5-31-19-11-16(7-9-18(19)29)21-20(15(4)26-23-24-12-25-28(21)23)22(30)27-17-8-6-13(2)10-14(17)3/h6-12,21,29H,5H2,1-4H3,(H,27,30)(H,24,25,26)/t21-/m0/s1. The Balaban J connectivity index is 1.78. The van der Waals surface area contributed by atoms with Crippen LogP contribution >= 0.6 is 0 Å². The Morgan fingerprint density at radius 1 is 1.23 bits per heavy atom. The molecule has 0 saturated carbocycles. The molecule has 4 rings (SSSR count). The van der Waals surface area contributed by atoms with E-state index in [4.69, 9.17) is 4.74 Å². The molecule has 0 unspecified atom stereocenters. The number of phenolic OH excluding ortho intramolecular Hbond substituents is 1. The highest BCUT2D eigenvalue weighted by Gasteiger charge is 2.34. The highest BCUT2D eigenvalue weighted by molar-refractivity contribution is 6.06. The van der Waals surface area contributed by atoms with Crippen LogP contribution in [0.5, 0.6) is 11.5 Å². The number of hydrogen-bond acceptors (Lipinski definition) is 6. The van der Waals surface area contributed by atoms with Crippen molar-refractivity contribution in [1.29, 1.82) is 0 Å². The van der Waals surface area contributed by atoms with Crippen LogP contribution in [0.4, 0.5) is 11.6 Å². The number of ether oxygens (including phenoxy) is 1. The minimum absolute atomic E-state index is 0.0420. The van der Waals surface area contributed by atoms with Gasteiger partial charge in [-0.1, -0.05) is 23.8 Å². The molecule has 3 aromatic rings. The van der Waals surface area contributed by atoms with Crippen molar-refractivity contribution in [3.63, 3.8) is 0 Å². The Morgan fingerprint density at radius 3 is 2.77 bits per heavy atom. The molecule has 1 atom stereocenters. The third kappa shape index (κ3) is 3.84. The first-order chi connectivity index (χ1) is 14.9. The number of benzene rings is 2. The largest absolute Gasteiger partial charge is 0.504 e. The molecule has 0 fully saturated rings. The van der Waals surface area contributed by atoms with Gasteiger partial charge in [-0.3, -0.25) is 4.79 Å². The summed E-state index contributed by atoms with van der Waals surface area (Å²) < 4.78 is 7.21. The van der Waals surface area contributed by atoms with E-state index in [0.29, 0.717) is 29.6 Å². The number of aryl methyl sites for hydroxylation is 2. The molecule has 0 aliphatic carbocycles. The Kier molecular flexibility index (Phi) is 5.37. The van der Waals surface area contributed by atoms with Crippen LogP contribution in [-0.2, 0) is 4.79 Å². The van der Waals surface area contributed by atoms with Crippen LogP contribution in [0, 0.1) is 13.8 Å². The van der Waals surface area contributed by atoms with Crippen molar-refractivity contribution in [2.24, 2.45) is 0 Å². The lowest BCUT2D eigenvalue weighted by atomic mass is 9.94. The summed E-state index contributed by atoms with van der Waals surface area (Å²) in [6.45, 7) is 8.07. The fraction of sp³-hybridized carbons (Fsp3) is 0.261. The summed E-state index contributed by atoms with van der Waals surface area (Å²) in [4.78, 5) is 17.7. The Morgan fingerprint density at radius 2 is 2.03 bits per heavy atom. The number of nitrogens with one attached hydrogen (secondary N) is 2. The van der Waals surface area contributed by atoms with E-state index in [9.17, 15) is 9.90 Å². The van der Waals surface area contributed by atoms with Gasteiger partial charge in [-0.15, -0.1) is 0 Å². The van der Waals surface area contributed by atoms with Gasteiger partial charge in [0, 0.05) is 11.4 Å². The quantitative estimate of drug-likeness (QED) is 0.579. The van der Waals surface area contributed by atoms with Crippen molar-refractivity contribution in [2.75, 3.05) is 17.2 Å². The molecule has 2 heterocycles. The van der Waals surface area contributed by atoms with Crippen LogP contribution in [0.25, 0.3) is 0 Å². The van der Waals surface area contributed by atoms with E-state index in [1.165, 1.54) is 6.33 Å². The normalized spacial score (nSPS) is 15.3. The van der Waals surface area contributed by atoms with Crippen LogP contribution in [-0.4, -0.2) is 32.4 Å². The number of allylic oxidation sites excluding steroid dienone is 1. The van der Waals surface area contributed by atoms with Gasteiger partial charge in [0.05, 0.1) is 12.2 Å². The van der Waals surface area contributed by atoms with Gasteiger partial charge < -0.3 is 20.5 Å². The number of carbonyl (C=O) groups excluding carboxylic acids is 1. The van der Waals surface area contributed by atoms with E-state index < -0.39 is 6.04 Å². The smallest absolute Gasteiger partial charge is 0.255 e. The van der Waals surface area contributed by atoms with Crippen LogP contribution < -0.4 is 15.4 Å². The average molecular weight is 419 g/mol. The molecule has 0 radical (unpaired) electrons. The highest BCUT2D eigenvalue weighted by Crippen LogP contribution is 2.38. The molecule has 3 N–H and O–H groups in total. The predicted molar refractivity (Wildman–Crippen MR) is 118 cm³/mol. The first-order valence-corrected chi connectivity index (χ1v) is 10.1. The number of aromatic nitrogens is 3. The molecule has 1 aliphatic heterocycles. The van der Waals surface area contributed by atoms with Crippen molar-refractivity contribution in [2.45, 2.75) is 33.7 Å². The summed E-state index contributed by atoms with van der Waals surface area (Å²) in [5.41, 5.74) is 4.80. The van der Waals surface area contributed by atoms with Crippen LogP contribution in [0.1, 0.15) is 36.6 Å². The number of phenols is 1. The number of amides is 1. The van der Waals surface area contributed by atoms with E-state index in [1.807, 2.05) is 45.9 Å². The Bertz CT molecular complexity index is 1180. The molecule has 1 amide bonds. The maximum absolute atomic E-state index is 13.5. The number of nitrogens with zero attached hydrogens (tertiary/aromatic N) is 3. The van der Waals surface area contributed by atoms with Crippen molar-refractivity contribution in [1.82, 2.24) is 14.8 Å². The number of fused-ring (bicyclic) bond motifs is 1. The maximum atomic E-state index is 13.5. The van der Waals surface area contributed by atoms with Gasteiger partial charge in [0.25, 0.3) is 5.91 Å². The van der Waals surface area contributed by atoms with Gasteiger partial charge in [0.2, 0.25) is 5.95 Å². The van der Waals surface area contributed by atoms with Gasteiger partial charge in [-0.2, -0.15) is 10.1 Å². The molecule has 2 aromatic carbocycles. The monoisotopic (exact) mass is 419 g/mol. The Hall–Kier alpha value is -3.81. The zero-order valence-electron chi connectivity index (χ0n) is 17.9. The van der Waals surface area contributed by atoms with Gasteiger partial charge in [-0.05, 0) is 57.0 Å². The Labute approximate surface area is 180 Å². The van der Waals surface area contributed by atoms with Crippen molar-refractivity contribution in [3.8, 4) is 11.5 Å². The number of carbonyl (C=O) groups is 1. The first-order valence-electron chi connectivity index (χ1n) is 10.1. The topological polar surface area (TPSA) is 101 Å². The van der Waals surface area contributed by atoms with E-state index in [-0.39, 0.29) is 11.7 Å². The molecule has 8 heteroatoms. The SMILES string of the molecule is CCOc1cc([C@H]2C(C(=O)Nc3ccc(C)cc3C)=C(C)Nc3ncnn32)ccc1O. The van der Waals surface area contributed by atoms with Crippen molar-refractivity contribution >= 4 is 17.5 Å². The third-order valence-electron chi connectivity index (χ3n) is 5.27. The lowest BCUT2D eigenvalue weighted by molar-refractivity contribution is -0.113. The fourth-order valence-electron chi connectivity index (χ4n) is 3.81. The van der Waals surface area contributed by atoms with E-state index in [1.54, 1.807) is 22.9 Å². The van der Waals surface area contributed by atoms with E-state index >= 15 is 0 Å². The summed E-state index contributed by atoms with van der Waals surface area (Å²) in [5, 5.41) is 20.7. The molecule has 8 nitrogen and oxygen atoms in total. The fourth-order valence-corrected chi connectivity index (χ4v) is 3.81. The first kappa shape index (κ1) is 20.5. The van der Waals surface area contributed by atoms with E-state index in [2.05, 4.69) is 20.7 Å². The minimum atomic E-state index is -0.538. The molecule has 1 aliphatic rings.